The van der Waals surface area contributed by atoms with Crippen molar-refractivity contribution < 1.29 is 14.3 Å². The number of methoxy groups -OCH3 is 1. The van der Waals surface area contributed by atoms with Gasteiger partial charge in [-0.05, 0) is 18.1 Å². The molecule has 0 aromatic heterocycles. The molecule has 0 fully saturated rings. The second kappa shape index (κ2) is 8.84. The van der Waals surface area contributed by atoms with Crippen molar-refractivity contribution in [1.29, 1.82) is 0 Å². The lowest BCUT2D eigenvalue weighted by Gasteiger charge is -2.16. The van der Waals surface area contributed by atoms with E-state index in [9.17, 15) is 9.59 Å². The van der Waals surface area contributed by atoms with Crippen LogP contribution in [0, 0.1) is 6.92 Å². The Balaban J connectivity index is 1.89. The number of carbonyl (C=O) groups is 2. The van der Waals surface area contributed by atoms with E-state index < -0.39 is 12.0 Å². The number of esters is 1. The zero-order valence-electron chi connectivity index (χ0n) is 13.9. The predicted octanol–water partition coefficient (Wildman–Crippen LogP) is 2.12. The van der Waals surface area contributed by atoms with Gasteiger partial charge in [-0.25, -0.2) is 4.79 Å². The van der Waals surface area contributed by atoms with Crippen LogP contribution >= 0.6 is 0 Å². The summed E-state index contributed by atoms with van der Waals surface area (Å²) >= 11 is 0. The highest BCUT2D eigenvalue weighted by Gasteiger charge is 2.21. The van der Waals surface area contributed by atoms with Gasteiger partial charge in [-0.2, -0.15) is 0 Å². The van der Waals surface area contributed by atoms with E-state index in [1.165, 1.54) is 7.11 Å². The molecule has 0 radical (unpaired) electrons. The number of rotatable bonds is 7. The Bertz CT molecular complexity index is 686. The van der Waals surface area contributed by atoms with Gasteiger partial charge < -0.3 is 10.1 Å². The van der Waals surface area contributed by atoms with Crippen LogP contribution in [-0.2, 0) is 20.9 Å². The molecule has 0 saturated carbocycles. The highest BCUT2D eigenvalue weighted by atomic mass is 16.5. The summed E-state index contributed by atoms with van der Waals surface area (Å²) in [6.45, 7) is 2.49. The van der Waals surface area contributed by atoms with Crippen molar-refractivity contribution in [3.05, 3.63) is 71.3 Å². The molecule has 0 unspecified atom stereocenters. The summed E-state index contributed by atoms with van der Waals surface area (Å²) in [7, 11) is 1.33. The molecule has 2 rings (SSSR count). The number of amides is 1. The van der Waals surface area contributed by atoms with Crippen molar-refractivity contribution in [2.75, 3.05) is 13.7 Å². The monoisotopic (exact) mass is 326 g/mol. The molecule has 1 atom stereocenters. The maximum Gasteiger partial charge on any atom is 0.327 e. The van der Waals surface area contributed by atoms with Gasteiger partial charge in [0, 0.05) is 6.54 Å². The van der Waals surface area contributed by atoms with E-state index in [1.807, 2.05) is 61.5 Å². The molecule has 2 N–H and O–H groups in total. The SMILES string of the molecule is COC(=O)[C@@H](NCC(=O)NCc1cccc(C)c1)c1ccccc1. The van der Waals surface area contributed by atoms with Crippen LogP contribution in [0.4, 0.5) is 0 Å². The Morgan fingerprint density at radius 1 is 1.08 bits per heavy atom. The lowest BCUT2D eigenvalue weighted by molar-refractivity contribution is -0.143. The quantitative estimate of drug-likeness (QED) is 0.765. The van der Waals surface area contributed by atoms with Crippen LogP contribution in [0.5, 0.6) is 0 Å². The molecule has 0 aliphatic rings. The normalized spacial score (nSPS) is 11.6. The van der Waals surface area contributed by atoms with E-state index in [4.69, 9.17) is 4.74 Å². The number of aryl methyl sites for hydroxylation is 1. The Morgan fingerprint density at radius 2 is 1.83 bits per heavy atom. The van der Waals surface area contributed by atoms with Crippen molar-refractivity contribution in [2.45, 2.75) is 19.5 Å². The number of hydrogen-bond acceptors (Lipinski definition) is 4. The second-order valence-electron chi connectivity index (χ2n) is 5.51. The molecular weight excluding hydrogens is 304 g/mol. The minimum absolute atomic E-state index is 0.0283. The molecule has 5 heteroatoms. The number of ether oxygens (including phenoxy) is 1. The molecular formula is C19H22N2O3. The average molecular weight is 326 g/mol. The summed E-state index contributed by atoms with van der Waals surface area (Å²) in [5.74, 6) is -0.603. The van der Waals surface area contributed by atoms with Crippen molar-refractivity contribution in [1.82, 2.24) is 10.6 Å². The summed E-state index contributed by atoms with van der Waals surface area (Å²) in [5.41, 5.74) is 2.95. The largest absolute Gasteiger partial charge is 0.468 e. The first-order valence-corrected chi connectivity index (χ1v) is 7.78. The molecule has 24 heavy (non-hydrogen) atoms. The van der Waals surface area contributed by atoms with E-state index in [2.05, 4.69) is 10.6 Å². The van der Waals surface area contributed by atoms with Crippen molar-refractivity contribution in [3.63, 3.8) is 0 Å². The molecule has 0 spiro atoms. The topological polar surface area (TPSA) is 67.4 Å². The lowest BCUT2D eigenvalue weighted by atomic mass is 10.1. The average Bonchev–Trinajstić information content (AvgIpc) is 2.61. The zero-order chi connectivity index (χ0) is 17.4. The molecule has 2 aromatic carbocycles. The molecule has 0 aliphatic heterocycles. The van der Waals surface area contributed by atoms with Crippen LogP contribution < -0.4 is 10.6 Å². The van der Waals surface area contributed by atoms with Gasteiger partial charge in [0.05, 0.1) is 13.7 Å². The van der Waals surface area contributed by atoms with Gasteiger partial charge >= 0.3 is 5.97 Å². The first kappa shape index (κ1) is 17.7. The van der Waals surface area contributed by atoms with E-state index in [0.29, 0.717) is 6.54 Å². The van der Waals surface area contributed by atoms with Crippen LogP contribution in [-0.4, -0.2) is 25.5 Å². The van der Waals surface area contributed by atoms with Gasteiger partial charge in [0.15, 0.2) is 0 Å². The van der Waals surface area contributed by atoms with Gasteiger partial charge in [-0.15, -0.1) is 0 Å². The minimum atomic E-state index is -0.666. The van der Waals surface area contributed by atoms with E-state index in [-0.39, 0.29) is 12.5 Å². The van der Waals surface area contributed by atoms with Gasteiger partial charge in [-0.1, -0.05) is 60.2 Å². The van der Waals surface area contributed by atoms with Crippen LogP contribution in [0.2, 0.25) is 0 Å². The molecule has 2 aromatic rings. The number of carbonyl (C=O) groups excluding carboxylic acids is 2. The molecule has 0 aliphatic carbocycles. The van der Waals surface area contributed by atoms with Gasteiger partial charge in [0.1, 0.15) is 6.04 Å². The standard InChI is InChI=1S/C19H22N2O3/c1-14-7-6-8-15(11-14)12-20-17(22)13-21-18(19(23)24-2)16-9-4-3-5-10-16/h3-11,18,21H,12-13H2,1-2H3,(H,20,22)/t18-/m0/s1. The molecule has 126 valence electrons. The van der Waals surface area contributed by atoms with Crippen LogP contribution in [0.3, 0.4) is 0 Å². The maximum absolute atomic E-state index is 12.0. The maximum atomic E-state index is 12.0. The summed E-state index contributed by atoms with van der Waals surface area (Å²) in [6.07, 6.45) is 0. The first-order chi connectivity index (χ1) is 11.6. The third-order valence-electron chi connectivity index (χ3n) is 3.61. The van der Waals surface area contributed by atoms with Crippen LogP contribution in [0.25, 0.3) is 0 Å². The van der Waals surface area contributed by atoms with E-state index in [1.54, 1.807) is 0 Å². The minimum Gasteiger partial charge on any atom is -0.468 e. The summed E-state index contributed by atoms with van der Waals surface area (Å²) in [4.78, 5) is 23.9. The number of benzene rings is 2. The fourth-order valence-corrected chi connectivity index (χ4v) is 2.38. The lowest BCUT2D eigenvalue weighted by Crippen LogP contribution is -2.38. The Hall–Kier alpha value is -2.66. The van der Waals surface area contributed by atoms with Crippen LogP contribution in [0.1, 0.15) is 22.7 Å². The smallest absolute Gasteiger partial charge is 0.327 e. The van der Waals surface area contributed by atoms with Gasteiger partial charge in [0.25, 0.3) is 0 Å². The van der Waals surface area contributed by atoms with Crippen molar-refractivity contribution in [2.24, 2.45) is 0 Å². The molecule has 0 heterocycles. The second-order valence-corrected chi connectivity index (χ2v) is 5.51. The van der Waals surface area contributed by atoms with Gasteiger partial charge in [0.2, 0.25) is 5.91 Å². The van der Waals surface area contributed by atoms with Crippen LogP contribution in [0.15, 0.2) is 54.6 Å². The Labute approximate surface area is 142 Å². The Morgan fingerprint density at radius 3 is 2.50 bits per heavy atom. The number of nitrogens with one attached hydrogen (secondary N) is 2. The first-order valence-electron chi connectivity index (χ1n) is 7.78. The molecule has 0 bridgehead atoms. The van der Waals surface area contributed by atoms with E-state index in [0.717, 1.165) is 16.7 Å². The fourth-order valence-electron chi connectivity index (χ4n) is 2.38. The molecule has 1 amide bonds. The number of hydrogen-bond donors (Lipinski definition) is 2. The van der Waals surface area contributed by atoms with Gasteiger partial charge in [-0.3, -0.25) is 10.1 Å². The third kappa shape index (κ3) is 5.21. The summed E-state index contributed by atoms with van der Waals surface area (Å²) in [6, 6.07) is 16.5. The molecule has 5 nitrogen and oxygen atoms in total. The highest BCUT2D eigenvalue weighted by molar-refractivity contribution is 5.81. The highest BCUT2D eigenvalue weighted by Crippen LogP contribution is 2.13. The fraction of sp³-hybridized carbons (Fsp3) is 0.263. The van der Waals surface area contributed by atoms with Crippen molar-refractivity contribution in [3.8, 4) is 0 Å². The van der Waals surface area contributed by atoms with E-state index >= 15 is 0 Å². The third-order valence-corrected chi connectivity index (χ3v) is 3.61. The predicted molar refractivity (Wildman–Crippen MR) is 92.2 cm³/mol. The van der Waals surface area contributed by atoms with Crippen molar-refractivity contribution >= 4 is 11.9 Å². The Kier molecular flexibility index (Phi) is 6.51. The summed E-state index contributed by atoms with van der Waals surface area (Å²) < 4.78 is 4.81. The zero-order valence-corrected chi connectivity index (χ0v) is 13.9. The summed E-state index contributed by atoms with van der Waals surface area (Å²) in [5, 5.41) is 5.78. The molecule has 0 saturated heterocycles.